The van der Waals surface area contributed by atoms with Gasteiger partial charge in [0.05, 0.1) is 6.61 Å². The number of primary amides is 1. The lowest BCUT2D eigenvalue weighted by atomic mass is 10.1. The number of carbonyl (C=O) groups is 3. The van der Waals surface area contributed by atoms with Crippen LogP contribution in [0.15, 0.2) is 24.3 Å². The lowest BCUT2D eigenvalue weighted by molar-refractivity contribution is -0.139. The summed E-state index contributed by atoms with van der Waals surface area (Å²) < 4.78 is 5.25. The zero-order chi connectivity index (χ0) is 15.8. The van der Waals surface area contributed by atoms with E-state index in [0.29, 0.717) is 17.9 Å². The first-order valence-corrected chi connectivity index (χ1v) is 6.49. The van der Waals surface area contributed by atoms with Crippen molar-refractivity contribution in [2.45, 2.75) is 25.8 Å². The van der Waals surface area contributed by atoms with Crippen LogP contribution in [0.4, 0.5) is 0 Å². The molecule has 1 rings (SSSR count). The maximum Gasteiger partial charge on any atom is 0.326 e. The molecule has 0 spiro atoms. The van der Waals surface area contributed by atoms with Crippen molar-refractivity contribution in [3.8, 4) is 5.75 Å². The van der Waals surface area contributed by atoms with Gasteiger partial charge in [-0.2, -0.15) is 0 Å². The Morgan fingerprint density at radius 1 is 1.29 bits per heavy atom. The van der Waals surface area contributed by atoms with Crippen LogP contribution in [0.3, 0.4) is 0 Å². The number of nitrogens with one attached hydrogen (secondary N) is 1. The Morgan fingerprint density at radius 3 is 2.38 bits per heavy atom. The number of nitrogens with two attached hydrogens (primary N) is 1. The van der Waals surface area contributed by atoms with Gasteiger partial charge < -0.3 is 20.9 Å². The van der Waals surface area contributed by atoms with Gasteiger partial charge in [0.15, 0.2) is 0 Å². The van der Waals surface area contributed by atoms with Gasteiger partial charge in [-0.05, 0) is 37.6 Å². The van der Waals surface area contributed by atoms with Crippen molar-refractivity contribution in [2.24, 2.45) is 5.73 Å². The highest BCUT2D eigenvalue weighted by atomic mass is 16.5. The largest absolute Gasteiger partial charge is 0.494 e. The molecule has 0 radical (unpaired) electrons. The highest BCUT2D eigenvalue weighted by Gasteiger charge is 2.21. The predicted octanol–water partition coefficient (Wildman–Crippen LogP) is 0.534. The molecule has 1 atom stereocenters. The number of aliphatic carboxylic acids is 1. The molecule has 7 heteroatoms. The first-order chi connectivity index (χ1) is 9.93. The van der Waals surface area contributed by atoms with Gasteiger partial charge >= 0.3 is 5.97 Å². The molecule has 0 aromatic heterocycles. The summed E-state index contributed by atoms with van der Waals surface area (Å²) in [5, 5.41) is 11.4. The minimum atomic E-state index is -1.21. The van der Waals surface area contributed by atoms with E-state index < -0.39 is 23.8 Å². The minimum absolute atomic E-state index is 0.0482. The quantitative estimate of drug-likeness (QED) is 0.646. The maximum atomic E-state index is 11.9. The number of hydrogen-bond donors (Lipinski definition) is 3. The Morgan fingerprint density at radius 2 is 1.90 bits per heavy atom. The van der Waals surface area contributed by atoms with Crippen LogP contribution in [0, 0.1) is 0 Å². The number of ether oxygens (including phenoxy) is 1. The molecule has 0 aliphatic rings. The third-order valence-corrected chi connectivity index (χ3v) is 2.71. The SMILES string of the molecule is CCOc1ccc(C(=O)N[C@@H](CCC(N)=O)C(=O)O)cc1. The fourth-order valence-electron chi connectivity index (χ4n) is 1.65. The smallest absolute Gasteiger partial charge is 0.326 e. The molecule has 1 aromatic rings. The van der Waals surface area contributed by atoms with Crippen LogP contribution >= 0.6 is 0 Å². The van der Waals surface area contributed by atoms with Crippen LogP contribution in [0.1, 0.15) is 30.1 Å². The van der Waals surface area contributed by atoms with E-state index in [4.69, 9.17) is 15.6 Å². The van der Waals surface area contributed by atoms with E-state index in [9.17, 15) is 14.4 Å². The van der Waals surface area contributed by atoms with Crippen molar-refractivity contribution in [1.82, 2.24) is 5.32 Å². The average molecular weight is 294 g/mol. The van der Waals surface area contributed by atoms with Crippen LogP contribution in [-0.2, 0) is 9.59 Å². The fraction of sp³-hybridized carbons (Fsp3) is 0.357. The lowest BCUT2D eigenvalue weighted by Crippen LogP contribution is -2.41. The first-order valence-electron chi connectivity index (χ1n) is 6.49. The number of amides is 2. The highest BCUT2D eigenvalue weighted by Crippen LogP contribution is 2.12. The summed E-state index contributed by atoms with van der Waals surface area (Å²) in [5.41, 5.74) is 5.28. The zero-order valence-corrected chi connectivity index (χ0v) is 11.7. The van der Waals surface area contributed by atoms with E-state index in [2.05, 4.69) is 5.32 Å². The molecule has 0 unspecified atom stereocenters. The summed E-state index contributed by atoms with van der Waals surface area (Å²) in [6.07, 6.45) is -0.159. The summed E-state index contributed by atoms with van der Waals surface area (Å²) in [6.45, 7) is 2.36. The number of carboxylic acid groups (broad SMARTS) is 1. The summed E-state index contributed by atoms with van der Waals surface area (Å²) in [4.78, 5) is 33.7. The van der Waals surface area contributed by atoms with E-state index in [-0.39, 0.29) is 12.8 Å². The highest BCUT2D eigenvalue weighted by molar-refractivity contribution is 5.96. The average Bonchev–Trinajstić information content (AvgIpc) is 2.43. The van der Waals surface area contributed by atoms with Crippen LogP contribution in [0.2, 0.25) is 0 Å². The Kier molecular flexibility index (Phi) is 6.19. The molecule has 1 aromatic carbocycles. The van der Waals surface area contributed by atoms with Gasteiger partial charge in [-0.3, -0.25) is 9.59 Å². The van der Waals surface area contributed by atoms with Crippen LogP contribution in [-0.4, -0.2) is 35.5 Å². The molecule has 0 aliphatic carbocycles. The molecule has 0 fully saturated rings. The number of carboxylic acids is 1. The second kappa shape index (κ2) is 7.88. The molecule has 7 nitrogen and oxygen atoms in total. The molecule has 0 aliphatic heterocycles. The Balaban J connectivity index is 2.67. The van der Waals surface area contributed by atoms with Crippen molar-refractivity contribution in [3.05, 3.63) is 29.8 Å². The van der Waals surface area contributed by atoms with Crippen molar-refractivity contribution < 1.29 is 24.2 Å². The second-order valence-electron chi connectivity index (χ2n) is 4.33. The molecular formula is C14H18N2O5. The van der Waals surface area contributed by atoms with Crippen LogP contribution in [0.25, 0.3) is 0 Å². The molecule has 114 valence electrons. The number of benzene rings is 1. The van der Waals surface area contributed by atoms with Crippen molar-refractivity contribution >= 4 is 17.8 Å². The molecule has 0 saturated carbocycles. The predicted molar refractivity (Wildman–Crippen MR) is 74.9 cm³/mol. The summed E-state index contributed by atoms with van der Waals surface area (Å²) >= 11 is 0. The summed E-state index contributed by atoms with van der Waals surface area (Å²) in [6, 6.07) is 5.16. The lowest BCUT2D eigenvalue weighted by Gasteiger charge is -2.14. The Hall–Kier alpha value is -2.57. The number of rotatable bonds is 8. The Bertz CT molecular complexity index is 513. The van der Waals surface area contributed by atoms with Crippen molar-refractivity contribution in [1.29, 1.82) is 0 Å². The number of hydrogen-bond acceptors (Lipinski definition) is 4. The molecule has 0 heterocycles. The number of carbonyl (C=O) groups excluding carboxylic acids is 2. The topological polar surface area (TPSA) is 119 Å². The van der Waals surface area contributed by atoms with E-state index in [1.54, 1.807) is 12.1 Å². The third-order valence-electron chi connectivity index (χ3n) is 2.71. The molecule has 0 bridgehead atoms. The molecule has 21 heavy (non-hydrogen) atoms. The second-order valence-corrected chi connectivity index (χ2v) is 4.33. The van der Waals surface area contributed by atoms with E-state index >= 15 is 0 Å². The summed E-state index contributed by atoms with van der Waals surface area (Å²) in [7, 11) is 0. The van der Waals surface area contributed by atoms with E-state index in [1.165, 1.54) is 12.1 Å². The fourth-order valence-corrected chi connectivity index (χ4v) is 1.65. The van der Waals surface area contributed by atoms with Gasteiger partial charge in [0.2, 0.25) is 5.91 Å². The van der Waals surface area contributed by atoms with E-state index in [1.807, 2.05) is 6.92 Å². The van der Waals surface area contributed by atoms with Crippen LogP contribution in [0.5, 0.6) is 5.75 Å². The van der Waals surface area contributed by atoms with Gasteiger partial charge in [0, 0.05) is 12.0 Å². The molecular weight excluding hydrogens is 276 g/mol. The van der Waals surface area contributed by atoms with E-state index in [0.717, 1.165) is 0 Å². The first kappa shape index (κ1) is 16.5. The van der Waals surface area contributed by atoms with Gasteiger partial charge in [-0.15, -0.1) is 0 Å². The monoisotopic (exact) mass is 294 g/mol. The van der Waals surface area contributed by atoms with Crippen molar-refractivity contribution in [2.75, 3.05) is 6.61 Å². The molecule has 0 saturated heterocycles. The normalized spacial score (nSPS) is 11.5. The molecule has 2 amide bonds. The molecule has 4 N–H and O–H groups in total. The van der Waals surface area contributed by atoms with Gasteiger partial charge in [0.1, 0.15) is 11.8 Å². The maximum absolute atomic E-state index is 11.9. The van der Waals surface area contributed by atoms with Gasteiger partial charge in [-0.1, -0.05) is 0 Å². The third kappa shape index (κ3) is 5.52. The summed E-state index contributed by atoms with van der Waals surface area (Å²) in [5.74, 6) is -1.74. The van der Waals surface area contributed by atoms with Gasteiger partial charge in [-0.25, -0.2) is 4.79 Å². The zero-order valence-electron chi connectivity index (χ0n) is 11.7. The minimum Gasteiger partial charge on any atom is -0.494 e. The van der Waals surface area contributed by atoms with Gasteiger partial charge in [0.25, 0.3) is 5.91 Å². The van der Waals surface area contributed by atoms with Crippen molar-refractivity contribution in [3.63, 3.8) is 0 Å². The standard InChI is InChI=1S/C14H18N2O5/c1-2-21-10-5-3-9(4-6-10)13(18)16-11(14(19)20)7-8-12(15)17/h3-6,11H,2,7-8H2,1H3,(H2,15,17)(H,16,18)(H,19,20)/t11-/m0/s1. The Labute approximate surface area is 122 Å². The van der Waals surface area contributed by atoms with Crippen LogP contribution < -0.4 is 15.8 Å².